The van der Waals surface area contributed by atoms with Gasteiger partial charge in [0.05, 0.1) is 6.54 Å². The Bertz CT molecular complexity index is 850. The molecule has 0 aliphatic carbocycles. The topological polar surface area (TPSA) is 69.9 Å². The van der Waals surface area contributed by atoms with Gasteiger partial charge in [-0.2, -0.15) is 0 Å². The van der Waals surface area contributed by atoms with Gasteiger partial charge in [0.25, 0.3) is 5.91 Å². The first-order valence-electron chi connectivity index (χ1n) is 10.0. The van der Waals surface area contributed by atoms with Gasteiger partial charge in [-0.1, -0.05) is 28.9 Å². The van der Waals surface area contributed by atoms with E-state index >= 15 is 0 Å². The molecule has 2 heterocycles. The first kappa shape index (κ1) is 21.3. The van der Waals surface area contributed by atoms with Crippen LogP contribution in [0.25, 0.3) is 11.3 Å². The van der Waals surface area contributed by atoms with Crippen LogP contribution in [0.5, 0.6) is 0 Å². The van der Waals surface area contributed by atoms with Gasteiger partial charge in [-0.15, -0.1) is 0 Å². The summed E-state index contributed by atoms with van der Waals surface area (Å²) >= 11 is 6.02. The van der Waals surface area contributed by atoms with Crippen LogP contribution in [0.4, 0.5) is 0 Å². The van der Waals surface area contributed by atoms with Crippen LogP contribution in [0.15, 0.2) is 34.9 Å². The van der Waals surface area contributed by atoms with Crippen molar-refractivity contribution in [3.63, 3.8) is 0 Å². The lowest BCUT2D eigenvalue weighted by atomic mass is 10.1. The molecule has 2 aromatic rings. The highest BCUT2D eigenvalue weighted by Crippen LogP contribution is 2.24. The molecule has 8 heteroatoms. The number of aromatic nitrogens is 1. The lowest BCUT2D eigenvalue weighted by Gasteiger charge is -2.25. The number of carbonyl (C=O) groups is 2. The fraction of sp³-hybridized carbons (Fsp3) is 0.476. The summed E-state index contributed by atoms with van der Waals surface area (Å²) in [6.45, 7) is 8.45. The van der Waals surface area contributed by atoms with Gasteiger partial charge in [-0.3, -0.25) is 14.5 Å². The highest BCUT2D eigenvalue weighted by Gasteiger charge is 2.24. The molecule has 1 aromatic heterocycles. The lowest BCUT2D eigenvalue weighted by molar-refractivity contribution is -0.132. The van der Waals surface area contributed by atoms with Crippen molar-refractivity contribution in [2.24, 2.45) is 0 Å². The molecule has 1 aliphatic rings. The van der Waals surface area contributed by atoms with E-state index in [-0.39, 0.29) is 17.5 Å². The Morgan fingerprint density at radius 3 is 2.66 bits per heavy atom. The molecule has 1 saturated heterocycles. The molecular weight excluding hydrogens is 392 g/mol. The van der Waals surface area contributed by atoms with Crippen LogP contribution in [-0.2, 0) is 4.79 Å². The maximum absolute atomic E-state index is 12.9. The summed E-state index contributed by atoms with van der Waals surface area (Å²) in [7, 11) is 0. The SMILES string of the molecule is CCN(CC)C(=O)CN1CCCN(C(=O)c2cc(-c3cccc(Cl)c3)on2)CC1. The van der Waals surface area contributed by atoms with E-state index in [2.05, 4.69) is 10.1 Å². The molecule has 0 radical (unpaired) electrons. The van der Waals surface area contributed by atoms with Gasteiger partial charge in [0.15, 0.2) is 11.5 Å². The van der Waals surface area contributed by atoms with E-state index in [0.717, 1.165) is 31.6 Å². The lowest BCUT2D eigenvalue weighted by Crippen LogP contribution is -2.42. The van der Waals surface area contributed by atoms with Gasteiger partial charge >= 0.3 is 0 Å². The zero-order chi connectivity index (χ0) is 20.8. The molecule has 7 nitrogen and oxygen atoms in total. The number of rotatable bonds is 6. The number of likely N-dealkylation sites (N-methyl/N-ethyl adjacent to an activating group) is 1. The van der Waals surface area contributed by atoms with E-state index < -0.39 is 0 Å². The third-order valence-electron chi connectivity index (χ3n) is 5.19. The maximum atomic E-state index is 12.9. The second-order valence-corrected chi connectivity index (χ2v) is 7.51. The number of benzene rings is 1. The van der Waals surface area contributed by atoms with E-state index in [1.165, 1.54) is 0 Å². The summed E-state index contributed by atoms with van der Waals surface area (Å²) < 4.78 is 5.36. The zero-order valence-electron chi connectivity index (χ0n) is 16.9. The zero-order valence-corrected chi connectivity index (χ0v) is 17.7. The number of carbonyl (C=O) groups excluding carboxylic acids is 2. The average Bonchev–Trinajstić information content (AvgIpc) is 3.10. The minimum absolute atomic E-state index is 0.137. The molecule has 0 unspecified atom stereocenters. The maximum Gasteiger partial charge on any atom is 0.276 e. The van der Waals surface area contributed by atoms with Crippen molar-refractivity contribution in [1.82, 2.24) is 19.9 Å². The van der Waals surface area contributed by atoms with Crippen LogP contribution in [0.1, 0.15) is 30.8 Å². The Morgan fingerprint density at radius 2 is 1.93 bits per heavy atom. The van der Waals surface area contributed by atoms with Crippen LogP contribution < -0.4 is 0 Å². The molecule has 1 aliphatic heterocycles. The molecule has 0 saturated carbocycles. The van der Waals surface area contributed by atoms with Crippen molar-refractivity contribution in [3.05, 3.63) is 41.0 Å². The Morgan fingerprint density at radius 1 is 1.14 bits per heavy atom. The second-order valence-electron chi connectivity index (χ2n) is 7.07. The van der Waals surface area contributed by atoms with Crippen LogP contribution in [0.2, 0.25) is 5.02 Å². The van der Waals surface area contributed by atoms with Crippen molar-refractivity contribution in [3.8, 4) is 11.3 Å². The van der Waals surface area contributed by atoms with E-state index in [4.69, 9.17) is 16.1 Å². The highest BCUT2D eigenvalue weighted by atomic mass is 35.5. The van der Waals surface area contributed by atoms with Gasteiger partial charge in [0, 0.05) is 55.9 Å². The number of hydrogen-bond acceptors (Lipinski definition) is 5. The molecular formula is C21H27ClN4O3. The monoisotopic (exact) mass is 418 g/mol. The third kappa shape index (κ3) is 5.36. The fourth-order valence-electron chi connectivity index (χ4n) is 3.52. The predicted octanol–water partition coefficient (Wildman–Crippen LogP) is 3.01. The summed E-state index contributed by atoms with van der Waals surface area (Å²) in [5.74, 6) is 0.494. The molecule has 156 valence electrons. The first-order valence-corrected chi connectivity index (χ1v) is 10.4. The Labute approximate surface area is 176 Å². The quantitative estimate of drug-likeness (QED) is 0.721. The highest BCUT2D eigenvalue weighted by molar-refractivity contribution is 6.30. The number of halogens is 1. The smallest absolute Gasteiger partial charge is 0.276 e. The summed E-state index contributed by atoms with van der Waals surface area (Å²) in [6, 6.07) is 8.89. The van der Waals surface area contributed by atoms with Gasteiger partial charge in [0.1, 0.15) is 0 Å². The number of hydrogen-bond donors (Lipinski definition) is 0. The van der Waals surface area contributed by atoms with Gasteiger partial charge in [-0.25, -0.2) is 0 Å². The Kier molecular flexibility index (Phi) is 7.28. The van der Waals surface area contributed by atoms with Crippen molar-refractivity contribution < 1.29 is 14.1 Å². The molecule has 1 aromatic carbocycles. The van der Waals surface area contributed by atoms with Crippen molar-refractivity contribution >= 4 is 23.4 Å². The third-order valence-corrected chi connectivity index (χ3v) is 5.42. The van der Waals surface area contributed by atoms with E-state index in [1.54, 1.807) is 23.1 Å². The normalized spacial score (nSPS) is 15.2. The predicted molar refractivity (Wildman–Crippen MR) is 112 cm³/mol. The van der Waals surface area contributed by atoms with E-state index in [9.17, 15) is 9.59 Å². The minimum Gasteiger partial charge on any atom is -0.355 e. The van der Waals surface area contributed by atoms with E-state index in [1.807, 2.05) is 30.9 Å². The van der Waals surface area contributed by atoms with Crippen LogP contribution >= 0.6 is 11.6 Å². The molecule has 0 spiro atoms. The standard InChI is InChI=1S/C21H27ClN4O3/c1-3-25(4-2)20(27)15-24-9-6-10-26(12-11-24)21(28)18-14-19(29-23-18)16-7-5-8-17(22)13-16/h5,7-8,13-14H,3-4,6,9-12,15H2,1-2H3. The molecule has 0 N–H and O–H groups in total. The summed E-state index contributed by atoms with van der Waals surface area (Å²) in [5.41, 5.74) is 1.06. The number of nitrogens with zero attached hydrogens (tertiary/aromatic N) is 4. The van der Waals surface area contributed by atoms with Crippen molar-refractivity contribution in [1.29, 1.82) is 0 Å². The number of amides is 2. The van der Waals surface area contributed by atoms with Gasteiger partial charge < -0.3 is 14.3 Å². The fourth-order valence-corrected chi connectivity index (χ4v) is 3.71. The summed E-state index contributed by atoms with van der Waals surface area (Å²) in [4.78, 5) is 31.0. The van der Waals surface area contributed by atoms with E-state index in [0.29, 0.717) is 37.0 Å². The minimum atomic E-state index is -0.154. The van der Waals surface area contributed by atoms with Crippen LogP contribution in [0.3, 0.4) is 0 Å². The molecule has 2 amide bonds. The largest absolute Gasteiger partial charge is 0.355 e. The average molecular weight is 419 g/mol. The summed E-state index contributed by atoms with van der Waals surface area (Å²) in [6.07, 6.45) is 0.816. The van der Waals surface area contributed by atoms with Gasteiger partial charge in [0.2, 0.25) is 5.91 Å². The van der Waals surface area contributed by atoms with Crippen LogP contribution in [-0.4, -0.2) is 77.5 Å². The molecule has 29 heavy (non-hydrogen) atoms. The Hall–Kier alpha value is -2.38. The van der Waals surface area contributed by atoms with Gasteiger partial charge in [-0.05, 0) is 32.4 Å². The molecule has 3 rings (SSSR count). The van der Waals surface area contributed by atoms with Crippen molar-refractivity contribution in [2.75, 3.05) is 45.8 Å². The first-order chi connectivity index (χ1) is 14.0. The van der Waals surface area contributed by atoms with Crippen molar-refractivity contribution in [2.45, 2.75) is 20.3 Å². The molecule has 1 fully saturated rings. The molecule has 0 atom stereocenters. The Balaban J connectivity index is 1.60. The second kappa shape index (κ2) is 9.89. The van der Waals surface area contributed by atoms with Crippen LogP contribution in [0, 0.1) is 0 Å². The molecule has 0 bridgehead atoms. The summed E-state index contributed by atoms with van der Waals surface area (Å²) in [5, 5.41) is 4.55.